The molecule has 0 saturated heterocycles. The van der Waals surface area contributed by atoms with Gasteiger partial charge in [-0.3, -0.25) is 0 Å². The fourth-order valence-electron chi connectivity index (χ4n) is 1.06. The van der Waals surface area contributed by atoms with E-state index in [4.69, 9.17) is 5.73 Å². The molecule has 0 fully saturated rings. The van der Waals surface area contributed by atoms with Crippen molar-refractivity contribution in [2.45, 2.75) is 18.7 Å². The number of nitrogen functional groups attached to an aromatic ring is 1. The Bertz CT molecular complexity index is 377. The van der Waals surface area contributed by atoms with E-state index in [9.17, 15) is 22.0 Å². The number of alkyl halides is 5. The van der Waals surface area contributed by atoms with Crippen LogP contribution < -0.4 is 5.73 Å². The summed E-state index contributed by atoms with van der Waals surface area (Å²) in [4.78, 5) is 0. The van der Waals surface area contributed by atoms with Crippen LogP contribution in [0.3, 0.4) is 0 Å². The molecule has 0 aliphatic rings. The predicted octanol–water partition coefficient (Wildman–Crippen LogP) is 2.98. The van der Waals surface area contributed by atoms with Crippen molar-refractivity contribution in [3.05, 3.63) is 29.8 Å². The quantitative estimate of drug-likeness (QED) is 0.663. The van der Waals surface area contributed by atoms with E-state index in [1.807, 2.05) is 0 Å². The fourth-order valence-corrected chi connectivity index (χ4v) is 1.06. The summed E-state index contributed by atoms with van der Waals surface area (Å²) in [6.45, 7) is -2.05. The van der Waals surface area contributed by atoms with E-state index < -0.39 is 18.7 Å². The molecule has 1 aromatic rings. The minimum Gasteiger partial charge on any atom is -0.399 e. The van der Waals surface area contributed by atoms with Crippen LogP contribution in [0.2, 0.25) is 0 Å². The average molecular weight is 255 g/mol. The van der Waals surface area contributed by atoms with Crippen molar-refractivity contribution < 1.29 is 26.7 Å². The van der Waals surface area contributed by atoms with E-state index in [0.29, 0.717) is 11.3 Å². The normalized spacial score (nSPS) is 12.8. The number of anilines is 1. The Morgan fingerprint density at radius 1 is 1.12 bits per heavy atom. The van der Waals surface area contributed by atoms with Gasteiger partial charge in [0.15, 0.2) is 0 Å². The third-order valence-corrected chi connectivity index (χ3v) is 1.92. The topological polar surface area (TPSA) is 35.2 Å². The zero-order valence-corrected chi connectivity index (χ0v) is 8.60. The first-order valence-electron chi connectivity index (χ1n) is 4.59. The summed E-state index contributed by atoms with van der Waals surface area (Å²) in [5.41, 5.74) is 6.22. The molecule has 1 aromatic carbocycles. The molecule has 1 rings (SSSR count). The molecule has 0 bridgehead atoms. The van der Waals surface area contributed by atoms with Crippen LogP contribution in [0.25, 0.3) is 0 Å². The van der Waals surface area contributed by atoms with Gasteiger partial charge < -0.3 is 10.5 Å². The van der Waals surface area contributed by atoms with Crippen LogP contribution in [-0.2, 0) is 11.3 Å². The van der Waals surface area contributed by atoms with E-state index in [0.717, 1.165) is 0 Å². The summed E-state index contributed by atoms with van der Waals surface area (Å²) in [6, 6.07) is 6.07. The molecule has 0 aliphatic heterocycles. The zero-order chi connectivity index (χ0) is 13.1. The standard InChI is InChI=1S/C10H10F5NO/c11-9(12,10(13,14)15)6-17-5-7-2-1-3-8(16)4-7/h1-4H,5-6,16H2. The Balaban J connectivity index is 2.48. The van der Waals surface area contributed by atoms with Gasteiger partial charge in [-0.05, 0) is 17.7 Å². The minimum absolute atomic E-state index is 0.350. The van der Waals surface area contributed by atoms with Crippen LogP contribution in [0, 0.1) is 0 Å². The number of benzene rings is 1. The molecule has 7 heteroatoms. The van der Waals surface area contributed by atoms with Gasteiger partial charge in [-0.25, -0.2) is 0 Å². The second-order valence-corrected chi connectivity index (χ2v) is 3.44. The Kier molecular flexibility index (Phi) is 3.92. The van der Waals surface area contributed by atoms with Gasteiger partial charge in [0.05, 0.1) is 6.61 Å². The summed E-state index contributed by atoms with van der Waals surface area (Å²) in [7, 11) is 0. The molecule has 0 radical (unpaired) electrons. The van der Waals surface area contributed by atoms with Crippen molar-refractivity contribution in [3.63, 3.8) is 0 Å². The summed E-state index contributed by atoms with van der Waals surface area (Å²) < 4.78 is 64.5. The van der Waals surface area contributed by atoms with Crippen molar-refractivity contribution in [1.29, 1.82) is 0 Å². The molecular formula is C10H10F5NO. The van der Waals surface area contributed by atoms with Crippen LogP contribution in [-0.4, -0.2) is 18.7 Å². The lowest BCUT2D eigenvalue weighted by atomic mass is 10.2. The lowest BCUT2D eigenvalue weighted by Gasteiger charge is -2.19. The monoisotopic (exact) mass is 255 g/mol. The first-order valence-corrected chi connectivity index (χ1v) is 4.59. The van der Waals surface area contributed by atoms with E-state index >= 15 is 0 Å². The number of ether oxygens (including phenoxy) is 1. The fraction of sp³-hybridized carbons (Fsp3) is 0.400. The van der Waals surface area contributed by atoms with Gasteiger partial charge in [0, 0.05) is 5.69 Å². The molecular weight excluding hydrogens is 245 g/mol. The molecule has 17 heavy (non-hydrogen) atoms. The summed E-state index contributed by atoms with van der Waals surface area (Å²) in [6.07, 6.45) is -5.59. The highest BCUT2D eigenvalue weighted by atomic mass is 19.4. The highest BCUT2D eigenvalue weighted by Crippen LogP contribution is 2.35. The Morgan fingerprint density at radius 3 is 2.29 bits per heavy atom. The number of hydrogen-bond donors (Lipinski definition) is 1. The molecule has 2 N–H and O–H groups in total. The van der Waals surface area contributed by atoms with Crippen molar-refractivity contribution in [2.75, 3.05) is 12.3 Å². The maximum atomic E-state index is 12.4. The van der Waals surface area contributed by atoms with E-state index in [-0.39, 0.29) is 6.61 Å². The van der Waals surface area contributed by atoms with Crippen LogP contribution in [0.4, 0.5) is 27.6 Å². The minimum atomic E-state index is -5.59. The van der Waals surface area contributed by atoms with Crippen molar-refractivity contribution >= 4 is 5.69 Å². The molecule has 0 unspecified atom stereocenters. The summed E-state index contributed by atoms with van der Waals surface area (Å²) in [5, 5.41) is 0. The Hall–Kier alpha value is -1.37. The predicted molar refractivity (Wildman–Crippen MR) is 51.5 cm³/mol. The van der Waals surface area contributed by atoms with Gasteiger partial charge in [0.1, 0.15) is 6.61 Å². The van der Waals surface area contributed by atoms with Crippen molar-refractivity contribution in [2.24, 2.45) is 0 Å². The number of rotatable bonds is 4. The van der Waals surface area contributed by atoms with Crippen LogP contribution in [0.1, 0.15) is 5.56 Å². The Labute approximate surface area is 94.2 Å². The smallest absolute Gasteiger partial charge is 0.399 e. The molecule has 0 amide bonds. The molecule has 0 aromatic heterocycles. The summed E-state index contributed by atoms with van der Waals surface area (Å²) in [5.74, 6) is -4.84. The SMILES string of the molecule is Nc1cccc(COCC(F)(F)C(F)(F)F)c1. The molecule has 96 valence electrons. The maximum absolute atomic E-state index is 12.4. The molecule has 0 atom stereocenters. The Morgan fingerprint density at radius 2 is 1.76 bits per heavy atom. The first-order chi connectivity index (χ1) is 7.72. The van der Waals surface area contributed by atoms with Gasteiger partial charge in [0.25, 0.3) is 0 Å². The highest BCUT2D eigenvalue weighted by Gasteiger charge is 2.57. The molecule has 0 spiro atoms. The van der Waals surface area contributed by atoms with Crippen molar-refractivity contribution in [1.82, 2.24) is 0 Å². The molecule has 0 saturated carbocycles. The van der Waals surface area contributed by atoms with Gasteiger partial charge in [-0.2, -0.15) is 22.0 Å². The highest BCUT2D eigenvalue weighted by molar-refractivity contribution is 5.40. The number of halogens is 5. The first kappa shape index (κ1) is 13.7. The summed E-state index contributed by atoms with van der Waals surface area (Å²) >= 11 is 0. The third-order valence-electron chi connectivity index (χ3n) is 1.92. The largest absolute Gasteiger partial charge is 0.455 e. The maximum Gasteiger partial charge on any atom is 0.455 e. The lowest BCUT2D eigenvalue weighted by molar-refractivity contribution is -0.297. The zero-order valence-electron chi connectivity index (χ0n) is 8.60. The van der Waals surface area contributed by atoms with E-state index in [1.165, 1.54) is 12.1 Å². The van der Waals surface area contributed by atoms with Crippen LogP contribution in [0.5, 0.6) is 0 Å². The molecule has 2 nitrogen and oxygen atoms in total. The molecule has 0 heterocycles. The number of nitrogens with two attached hydrogens (primary N) is 1. The van der Waals surface area contributed by atoms with Crippen molar-refractivity contribution in [3.8, 4) is 0 Å². The van der Waals surface area contributed by atoms with E-state index in [2.05, 4.69) is 4.74 Å². The second kappa shape index (κ2) is 4.87. The second-order valence-electron chi connectivity index (χ2n) is 3.44. The van der Waals surface area contributed by atoms with E-state index in [1.54, 1.807) is 12.1 Å². The van der Waals surface area contributed by atoms with Gasteiger partial charge in [-0.15, -0.1) is 0 Å². The third kappa shape index (κ3) is 3.85. The van der Waals surface area contributed by atoms with Gasteiger partial charge in [-0.1, -0.05) is 12.1 Å². The molecule has 0 aliphatic carbocycles. The average Bonchev–Trinajstić information content (AvgIpc) is 2.15. The lowest BCUT2D eigenvalue weighted by Crippen LogP contribution is -2.40. The number of hydrogen-bond acceptors (Lipinski definition) is 2. The van der Waals surface area contributed by atoms with Crippen LogP contribution in [0.15, 0.2) is 24.3 Å². The van der Waals surface area contributed by atoms with Gasteiger partial charge in [0.2, 0.25) is 0 Å². The van der Waals surface area contributed by atoms with Gasteiger partial charge >= 0.3 is 12.1 Å². The van der Waals surface area contributed by atoms with Crippen LogP contribution >= 0.6 is 0 Å².